The van der Waals surface area contributed by atoms with Crippen LogP contribution in [0, 0.1) is 5.82 Å². The van der Waals surface area contributed by atoms with Crippen LogP contribution in [-0.4, -0.2) is 25.7 Å². The van der Waals surface area contributed by atoms with Crippen molar-refractivity contribution in [3.8, 4) is 0 Å². The van der Waals surface area contributed by atoms with Gasteiger partial charge in [0.25, 0.3) is 0 Å². The first kappa shape index (κ1) is 19.1. The highest BCUT2D eigenvalue weighted by Crippen LogP contribution is 2.23. The summed E-state index contributed by atoms with van der Waals surface area (Å²) in [6.07, 6.45) is -0.133. The normalized spacial score (nSPS) is 13.2. The third kappa shape index (κ3) is 5.63. The van der Waals surface area contributed by atoms with Crippen molar-refractivity contribution in [1.29, 1.82) is 0 Å². The topological polar surface area (TPSA) is 64.3 Å². The minimum absolute atomic E-state index is 0. The molecule has 0 saturated heterocycles. The molecule has 0 fully saturated rings. The van der Waals surface area contributed by atoms with Crippen LogP contribution in [0.25, 0.3) is 0 Å². The smallest absolute Gasteiger partial charge is 0.223 e. The summed E-state index contributed by atoms with van der Waals surface area (Å²) in [6, 6.07) is 3.77. The summed E-state index contributed by atoms with van der Waals surface area (Å²) in [6.45, 7) is 2.05. The van der Waals surface area contributed by atoms with E-state index in [1.54, 1.807) is 13.0 Å². The van der Waals surface area contributed by atoms with Crippen molar-refractivity contribution in [3.05, 3.63) is 34.6 Å². The van der Waals surface area contributed by atoms with Crippen molar-refractivity contribution in [2.45, 2.75) is 25.5 Å². The Hall–Kier alpha value is -0.880. The lowest BCUT2D eigenvalue weighted by Gasteiger charge is -2.18. The van der Waals surface area contributed by atoms with Gasteiger partial charge in [-0.1, -0.05) is 17.7 Å². The van der Waals surface area contributed by atoms with Gasteiger partial charge < -0.3 is 15.8 Å². The molecule has 2 atom stereocenters. The summed E-state index contributed by atoms with van der Waals surface area (Å²) >= 11 is 5.93. The number of carbonyl (C=O) groups is 1. The minimum Gasteiger partial charge on any atom is -0.380 e. The molecule has 0 heterocycles. The van der Waals surface area contributed by atoms with Gasteiger partial charge in [-0.15, -0.1) is 12.4 Å². The molecule has 1 aromatic rings. The maximum absolute atomic E-state index is 12.9. The van der Waals surface area contributed by atoms with E-state index in [1.807, 2.05) is 0 Å². The average molecular weight is 325 g/mol. The highest BCUT2D eigenvalue weighted by atomic mass is 35.5. The van der Waals surface area contributed by atoms with Crippen molar-refractivity contribution >= 4 is 29.9 Å². The Labute approximate surface area is 129 Å². The van der Waals surface area contributed by atoms with E-state index in [4.69, 9.17) is 22.1 Å². The number of nitrogens with one attached hydrogen (secondary N) is 1. The van der Waals surface area contributed by atoms with Crippen molar-refractivity contribution in [1.82, 2.24) is 5.32 Å². The Morgan fingerprint density at radius 3 is 2.70 bits per heavy atom. The molecule has 0 aliphatic rings. The molecule has 114 valence electrons. The summed E-state index contributed by atoms with van der Waals surface area (Å²) in [5, 5.41) is 3.06. The van der Waals surface area contributed by atoms with Crippen LogP contribution < -0.4 is 11.1 Å². The molecule has 1 aromatic carbocycles. The van der Waals surface area contributed by atoms with Crippen LogP contribution in [0.5, 0.6) is 0 Å². The van der Waals surface area contributed by atoms with Crippen LogP contribution in [0.3, 0.4) is 0 Å². The molecule has 0 bridgehead atoms. The minimum atomic E-state index is -0.408. The van der Waals surface area contributed by atoms with Crippen LogP contribution >= 0.6 is 24.0 Å². The molecule has 1 amide bonds. The number of nitrogens with two attached hydrogens (primary N) is 1. The van der Waals surface area contributed by atoms with Gasteiger partial charge in [0.2, 0.25) is 5.91 Å². The highest BCUT2D eigenvalue weighted by molar-refractivity contribution is 6.31. The fraction of sp³-hybridized carbons (Fsp3) is 0.462. The lowest BCUT2D eigenvalue weighted by atomic mass is 10.1. The van der Waals surface area contributed by atoms with E-state index >= 15 is 0 Å². The van der Waals surface area contributed by atoms with Gasteiger partial charge >= 0.3 is 0 Å². The van der Waals surface area contributed by atoms with Gasteiger partial charge in [0.05, 0.1) is 18.6 Å². The highest BCUT2D eigenvalue weighted by Gasteiger charge is 2.16. The summed E-state index contributed by atoms with van der Waals surface area (Å²) in [5.41, 5.74) is 6.11. The van der Waals surface area contributed by atoms with Crippen molar-refractivity contribution in [2.75, 3.05) is 13.7 Å². The first-order valence-corrected chi connectivity index (χ1v) is 6.33. The zero-order chi connectivity index (χ0) is 14.4. The third-order valence-electron chi connectivity index (χ3n) is 2.82. The predicted octanol–water partition coefficient (Wildman–Crippen LogP) is 2.44. The maximum Gasteiger partial charge on any atom is 0.223 e. The Balaban J connectivity index is 0.00000361. The number of carbonyl (C=O) groups excluding carboxylic acids is 1. The summed E-state index contributed by atoms with van der Waals surface area (Å²) < 4.78 is 18.0. The number of ether oxygens (including phenoxy) is 1. The van der Waals surface area contributed by atoms with Gasteiger partial charge in [0.15, 0.2) is 0 Å². The summed E-state index contributed by atoms with van der Waals surface area (Å²) in [4.78, 5) is 11.8. The van der Waals surface area contributed by atoms with E-state index < -0.39 is 5.82 Å². The largest absolute Gasteiger partial charge is 0.380 e. The average Bonchev–Trinajstić information content (AvgIpc) is 2.35. The molecule has 0 radical (unpaired) electrons. The Morgan fingerprint density at radius 2 is 2.20 bits per heavy atom. The second kappa shape index (κ2) is 9.13. The molecular weight excluding hydrogens is 306 g/mol. The van der Waals surface area contributed by atoms with Crippen molar-refractivity contribution < 1.29 is 13.9 Å². The van der Waals surface area contributed by atoms with E-state index in [0.717, 1.165) is 0 Å². The first-order valence-electron chi connectivity index (χ1n) is 5.95. The number of methoxy groups -OCH3 is 1. The molecule has 7 heteroatoms. The molecular formula is C13H19Cl2FN2O2. The fourth-order valence-corrected chi connectivity index (χ4v) is 2.03. The molecule has 0 saturated carbocycles. The summed E-state index contributed by atoms with van der Waals surface area (Å²) in [7, 11) is 1.51. The molecule has 0 aliphatic carbocycles. The Bertz CT molecular complexity index is 442. The van der Waals surface area contributed by atoms with E-state index in [1.165, 1.54) is 19.2 Å². The zero-order valence-electron chi connectivity index (χ0n) is 11.4. The van der Waals surface area contributed by atoms with Crippen LogP contribution in [0.2, 0.25) is 5.02 Å². The second-order valence-corrected chi connectivity index (χ2v) is 4.66. The molecule has 0 aromatic heterocycles. The van der Waals surface area contributed by atoms with Crippen LogP contribution in [0.15, 0.2) is 18.2 Å². The number of hydrogen-bond acceptors (Lipinski definition) is 3. The van der Waals surface area contributed by atoms with E-state index in [-0.39, 0.29) is 48.4 Å². The number of benzene rings is 1. The van der Waals surface area contributed by atoms with Gasteiger partial charge in [-0.25, -0.2) is 4.39 Å². The summed E-state index contributed by atoms with van der Waals surface area (Å²) in [5.74, 6) is -0.597. The van der Waals surface area contributed by atoms with E-state index in [0.29, 0.717) is 5.56 Å². The third-order valence-corrected chi connectivity index (χ3v) is 3.14. The zero-order valence-corrected chi connectivity index (χ0v) is 12.9. The lowest BCUT2D eigenvalue weighted by Crippen LogP contribution is -2.33. The lowest BCUT2D eigenvalue weighted by molar-refractivity contribution is -0.124. The van der Waals surface area contributed by atoms with Crippen molar-refractivity contribution in [2.24, 2.45) is 5.73 Å². The molecule has 2 unspecified atom stereocenters. The van der Waals surface area contributed by atoms with Gasteiger partial charge in [0.1, 0.15) is 5.82 Å². The second-order valence-electron chi connectivity index (χ2n) is 4.25. The molecule has 0 spiro atoms. The number of amides is 1. The fourth-order valence-electron chi connectivity index (χ4n) is 1.70. The standard InChI is InChI=1S/C13H18ClFN2O2.ClH/c1-8(11-4-3-9(15)5-12(11)14)17-13(18)6-10(7-16)19-2;/h3-5,8,10H,6-7,16H2,1-2H3,(H,17,18);1H. The van der Waals surface area contributed by atoms with Gasteiger partial charge in [-0.05, 0) is 24.6 Å². The molecule has 4 nitrogen and oxygen atoms in total. The van der Waals surface area contributed by atoms with Gasteiger partial charge in [-0.3, -0.25) is 4.79 Å². The number of hydrogen-bond donors (Lipinski definition) is 2. The van der Waals surface area contributed by atoms with E-state index in [9.17, 15) is 9.18 Å². The quantitative estimate of drug-likeness (QED) is 0.844. The van der Waals surface area contributed by atoms with Crippen LogP contribution in [0.4, 0.5) is 4.39 Å². The first-order chi connectivity index (χ1) is 8.97. The number of halogens is 3. The Kier molecular flexibility index (Phi) is 8.73. The van der Waals surface area contributed by atoms with Gasteiger partial charge in [-0.2, -0.15) is 0 Å². The van der Waals surface area contributed by atoms with Crippen molar-refractivity contribution in [3.63, 3.8) is 0 Å². The molecule has 0 aliphatic heterocycles. The monoisotopic (exact) mass is 324 g/mol. The molecule has 3 N–H and O–H groups in total. The Morgan fingerprint density at radius 1 is 1.55 bits per heavy atom. The molecule has 20 heavy (non-hydrogen) atoms. The maximum atomic E-state index is 12.9. The SMILES string of the molecule is COC(CN)CC(=O)NC(C)c1ccc(F)cc1Cl.Cl. The molecule has 1 rings (SSSR count). The van der Waals surface area contributed by atoms with Crippen LogP contribution in [0.1, 0.15) is 24.9 Å². The van der Waals surface area contributed by atoms with E-state index in [2.05, 4.69) is 5.32 Å². The van der Waals surface area contributed by atoms with Crippen LogP contribution in [-0.2, 0) is 9.53 Å². The number of rotatable bonds is 6. The van der Waals surface area contributed by atoms with Gasteiger partial charge in [0, 0.05) is 18.7 Å². The predicted molar refractivity (Wildman–Crippen MR) is 79.7 cm³/mol.